The van der Waals surface area contributed by atoms with Gasteiger partial charge in [-0.2, -0.15) is 12.6 Å². The summed E-state index contributed by atoms with van der Waals surface area (Å²) in [5, 5.41) is 8.33. The van der Waals surface area contributed by atoms with Gasteiger partial charge in [-0.15, -0.1) is 0 Å². The van der Waals surface area contributed by atoms with Crippen LogP contribution in [0.3, 0.4) is 0 Å². The second-order valence-electron chi connectivity index (χ2n) is 9.89. The van der Waals surface area contributed by atoms with Gasteiger partial charge in [-0.25, -0.2) is 0 Å². The van der Waals surface area contributed by atoms with Crippen molar-refractivity contribution in [1.82, 2.24) is 10.6 Å². The highest BCUT2D eigenvalue weighted by Crippen LogP contribution is 2.50. The molecule has 0 amide bonds. The summed E-state index contributed by atoms with van der Waals surface area (Å²) < 4.78 is 0. The monoisotopic (exact) mass is 615 g/mol. The topological polar surface area (TPSA) is 50.1 Å². The van der Waals surface area contributed by atoms with Crippen molar-refractivity contribution in [3.8, 4) is 0 Å². The molecule has 0 saturated heterocycles. The highest BCUT2D eigenvalue weighted by atomic mass is 32.2. The Labute approximate surface area is 273 Å². The zero-order valence-corrected chi connectivity index (χ0v) is 26.8. The van der Waals surface area contributed by atoms with Gasteiger partial charge in [0.05, 0.1) is 5.41 Å². The molecule has 4 N–H and O–H groups in total. The molecule has 0 bridgehead atoms. The summed E-state index contributed by atoms with van der Waals surface area (Å²) in [7, 11) is 0. The Morgan fingerprint density at radius 2 is 1.86 bits per heavy atom. The number of rotatable bonds is 11. The summed E-state index contributed by atoms with van der Waals surface area (Å²) in [5.41, 5.74) is 11.3. The van der Waals surface area contributed by atoms with Gasteiger partial charge in [0.2, 0.25) is 0 Å². The number of thiol groups is 1. The van der Waals surface area contributed by atoms with E-state index in [4.69, 9.17) is 12.3 Å². The van der Waals surface area contributed by atoms with E-state index < -0.39 is 5.41 Å². The van der Waals surface area contributed by atoms with Crippen molar-refractivity contribution < 1.29 is 0 Å². The molecule has 1 aromatic rings. The second-order valence-corrected chi connectivity index (χ2v) is 11.3. The van der Waals surface area contributed by atoms with Gasteiger partial charge in [0.1, 0.15) is 5.82 Å². The fourth-order valence-corrected chi connectivity index (χ4v) is 5.90. The average Bonchev–Trinajstić information content (AvgIpc) is 3.05. The molecule has 2 aliphatic rings. The average molecular weight is 616 g/mol. The molecule has 3 rings (SSSR count). The van der Waals surface area contributed by atoms with Gasteiger partial charge in [-0.3, -0.25) is 0 Å². The number of hydrogen-bond acceptors (Lipinski definition) is 5. The van der Waals surface area contributed by atoms with Crippen LogP contribution in [-0.2, 0) is 5.41 Å². The summed E-state index contributed by atoms with van der Waals surface area (Å²) in [6, 6.07) is 8.39. The summed E-state index contributed by atoms with van der Waals surface area (Å²) in [6.45, 7) is 20.7. The van der Waals surface area contributed by atoms with Gasteiger partial charge in [0.15, 0.2) is 0 Å². The van der Waals surface area contributed by atoms with Crippen LogP contribution in [0.5, 0.6) is 0 Å². The number of nitrogens with one attached hydrogen (secondary N) is 2. The van der Waals surface area contributed by atoms with Crippen LogP contribution < -0.4 is 16.4 Å². The van der Waals surface area contributed by atoms with Crippen molar-refractivity contribution in [2.24, 2.45) is 5.73 Å². The predicted octanol–water partition coefficient (Wildman–Crippen LogP) is 9.68. The summed E-state index contributed by atoms with van der Waals surface area (Å²) in [4.78, 5) is 2.08. The lowest BCUT2D eigenvalue weighted by molar-refractivity contribution is 0.772. The number of fused-ring (bicyclic) bond motifs is 1. The molecular formula is C39H41N3S2. The molecule has 0 saturated carbocycles. The molecule has 224 valence electrons. The van der Waals surface area contributed by atoms with E-state index in [-0.39, 0.29) is 0 Å². The van der Waals surface area contributed by atoms with Crippen LogP contribution in [0.15, 0.2) is 210 Å². The molecule has 5 heteroatoms. The Morgan fingerprint density at radius 1 is 1.07 bits per heavy atom. The van der Waals surface area contributed by atoms with E-state index in [0.717, 1.165) is 56.2 Å². The molecule has 2 heterocycles. The maximum Gasteiger partial charge on any atom is 0.101 e. The van der Waals surface area contributed by atoms with Crippen LogP contribution in [-0.4, -0.2) is 0 Å². The van der Waals surface area contributed by atoms with Crippen LogP contribution in [0.4, 0.5) is 0 Å². The number of allylic oxidation sites excluding steroid dienone is 18. The minimum atomic E-state index is -0.729. The number of hydrogen-bond donors (Lipinski definition) is 4. The van der Waals surface area contributed by atoms with E-state index in [1.54, 1.807) is 41.6 Å². The van der Waals surface area contributed by atoms with Crippen molar-refractivity contribution in [3.63, 3.8) is 0 Å². The lowest BCUT2D eigenvalue weighted by Crippen LogP contribution is -2.29. The summed E-state index contributed by atoms with van der Waals surface area (Å²) in [5.74, 6) is 0.509. The van der Waals surface area contributed by atoms with Crippen molar-refractivity contribution >= 4 is 24.4 Å². The molecule has 2 aliphatic heterocycles. The fourth-order valence-electron chi connectivity index (χ4n) is 4.63. The van der Waals surface area contributed by atoms with Crippen molar-refractivity contribution in [3.05, 3.63) is 210 Å². The highest BCUT2D eigenvalue weighted by Gasteiger charge is 2.38. The first-order valence-electron chi connectivity index (χ1n) is 14.2. The fraction of sp³-hybridized carbons (Fsp3) is 0.0769. The third-order valence-electron chi connectivity index (χ3n) is 6.88. The minimum Gasteiger partial charge on any atom is -0.385 e. The molecular weight excluding hydrogens is 575 g/mol. The van der Waals surface area contributed by atoms with E-state index in [2.05, 4.69) is 86.0 Å². The van der Waals surface area contributed by atoms with Crippen LogP contribution in [0, 0.1) is 0 Å². The Kier molecular flexibility index (Phi) is 13.5. The van der Waals surface area contributed by atoms with Crippen molar-refractivity contribution in [2.45, 2.75) is 23.2 Å². The molecule has 1 unspecified atom stereocenters. The van der Waals surface area contributed by atoms with E-state index in [0.29, 0.717) is 5.82 Å². The third kappa shape index (κ3) is 9.21. The maximum absolute atomic E-state index is 6.38. The molecule has 0 aromatic heterocycles. The molecule has 0 fully saturated rings. The molecule has 0 radical (unpaired) electrons. The lowest BCUT2D eigenvalue weighted by Gasteiger charge is -2.37. The predicted molar refractivity (Wildman–Crippen MR) is 198 cm³/mol. The van der Waals surface area contributed by atoms with Gasteiger partial charge in [0.25, 0.3) is 0 Å². The minimum absolute atomic E-state index is 0.509. The molecule has 1 aromatic carbocycles. The van der Waals surface area contributed by atoms with Gasteiger partial charge >= 0.3 is 0 Å². The van der Waals surface area contributed by atoms with Gasteiger partial charge in [-0.05, 0) is 71.0 Å². The van der Waals surface area contributed by atoms with Gasteiger partial charge in [-0.1, -0.05) is 136 Å². The normalized spacial score (nSPS) is 22.6. The SMILES string of the molecule is C=C/C=C\C=C/C1(C(=C)C(=C\C=C/S)/C2=C/C=C\C(=C)C(=C)CC/C=C\N2)C=C(/C=C(\N)N/C=C\C=C)Sc2ccccc21. The lowest BCUT2D eigenvalue weighted by atomic mass is 9.70. The van der Waals surface area contributed by atoms with Crippen molar-refractivity contribution in [2.75, 3.05) is 0 Å². The van der Waals surface area contributed by atoms with Crippen LogP contribution in [0.1, 0.15) is 18.4 Å². The molecule has 0 spiro atoms. The maximum atomic E-state index is 6.38. The molecule has 0 aliphatic carbocycles. The Bertz CT molecular complexity index is 1580. The number of nitrogens with two attached hydrogens (primary N) is 1. The number of benzene rings is 1. The van der Waals surface area contributed by atoms with Gasteiger partial charge < -0.3 is 16.4 Å². The first-order valence-corrected chi connectivity index (χ1v) is 15.6. The third-order valence-corrected chi connectivity index (χ3v) is 8.09. The molecule has 3 nitrogen and oxygen atoms in total. The Hall–Kier alpha value is -4.58. The van der Waals surface area contributed by atoms with Crippen LogP contribution in [0.25, 0.3) is 0 Å². The quantitative estimate of drug-likeness (QED) is 0.148. The van der Waals surface area contributed by atoms with Gasteiger partial charge in [0, 0.05) is 27.3 Å². The molecule has 44 heavy (non-hydrogen) atoms. The van der Waals surface area contributed by atoms with Crippen molar-refractivity contribution in [1.29, 1.82) is 0 Å². The summed E-state index contributed by atoms with van der Waals surface area (Å²) in [6.07, 6.45) is 35.0. The Balaban J connectivity index is 2.29. The van der Waals surface area contributed by atoms with E-state index in [1.807, 2.05) is 67.0 Å². The Morgan fingerprint density at radius 3 is 2.64 bits per heavy atom. The molecule has 1 atom stereocenters. The smallest absolute Gasteiger partial charge is 0.101 e. The van der Waals surface area contributed by atoms with Crippen LogP contribution >= 0.6 is 24.4 Å². The first kappa shape index (κ1) is 33.9. The second kappa shape index (κ2) is 17.5. The summed E-state index contributed by atoms with van der Waals surface area (Å²) >= 11 is 6.02. The number of thioether (sulfide) groups is 1. The zero-order chi connectivity index (χ0) is 31.8. The van der Waals surface area contributed by atoms with E-state index >= 15 is 0 Å². The first-order chi connectivity index (χ1) is 21.4. The standard InChI is InChI=1S/C39H41N3S2/c1-6-8-10-14-24-39(29-33(28-38(40)42-25-9-7-2)44-37-23-12-11-21-35(37)39)32(5)34(20-17-27-43)36-22-16-19-31(4)30(3)18-13-15-26-41-36/h6-12,14-17,19-29,41-43H,1-5,13,18,40H2/b10-8-,19-16-,24-14-,25-9-,26-15-,27-17-,34-20+,36-22-,38-28+. The van der Waals surface area contributed by atoms with E-state index in [1.165, 1.54) is 0 Å². The highest BCUT2D eigenvalue weighted by molar-refractivity contribution is 8.03. The van der Waals surface area contributed by atoms with Crippen LogP contribution in [0.2, 0.25) is 0 Å². The van der Waals surface area contributed by atoms with E-state index in [9.17, 15) is 0 Å². The largest absolute Gasteiger partial charge is 0.385 e. The zero-order valence-electron chi connectivity index (χ0n) is 25.1.